The number of anilines is 1. The summed E-state index contributed by atoms with van der Waals surface area (Å²) in [6, 6.07) is 0. The number of rotatable bonds is 1. The van der Waals surface area contributed by atoms with Gasteiger partial charge in [0, 0.05) is 30.3 Å². The Bertz CT molecular complexity index is 363. The summed E-state index contributed by atoms with van der Waals surface area (Å²) in [5.41, 5.74) is 0. The lowest BCUT2D eigenvalue weighted by Crippen LogP contribution is -2.37. The van der Waals surface area contributed by atoms with Crippen molar-refractivity contribution in [3.63, 3.8) is 0 Å². The van der Waals surface area contributed by atoms with Gasteiger partial charge in [-0.3, -0.25) is 0 Å². The molecule has 0 radical (unpaired) electrons. The van der Waals surface area contributed by atoms with Crippen LogP contribution in [-0.4, -0.2) is 34.1 Å². The summed E-state index contributed by atoms with van der Waals surface area (Å²) in [6.45, 7) is 4.26. The molecule has 0 amide bonds. The average Bonchev–Trinajstić information content (AvgIpc) is 2.22. The first-order valence-corrected chi connectivity index (χ1v) is 6.93. The molecule has 0 aromatic carbocycles. The average molecular weight is 309 g/mol. The second kappa shape index (κ2) is 4.89. The monoisotopic (exact) mass is 307 g/mol. The summed E-state index contributed by atoms with van der Waals surface area (Å²) in [5, 5.41) is 0.943. The third-order valence-electron chi connectivity index (χ3n) is 2.24. The van der Waals surface area contributed by atoms with Crippen LogP contribution >= 0.6 is 39.3 Å². The normalized spacial score (nSPS) is 21.8. The van der Waals surface area contributed by atoms with E-state index in [2.05, 4.69) is 37.7 Å². The van der Waals surface area contributed by atoms with E-state index < -0.39 is 0 Å². The molecule has 15 heavy (non-hydrogen) atoms. The Kier molecular flexibility index (Phi) is 3.74. The van der Waals surface area contributed by atoms with E-state index in [9.17, 15) is 0 Å². The highest BCUT2D eigenvalue weighted by Gasteiger charge is 2.20. The summed E-state index contributed by atoms with van der Waals surface area (Å²) in [5.74, 6) is 2.04. The number of hydrogen-bond acceptors (Lipinski definition) is 4. The summed E-state index contributed by atoms with van der Waals surface area (Å²) in [7, 11) is 0. The van der Waals surface area contributed by atoms with Crippen molar-refractivity contribution < 1.29 is 0 Å². The highest BCUT2D eigenvalue weighted by atomic mass is 79.9. The van der Waals surface area contributed by atoms with Crippen molar-refractivity contribution in [1.29, 1.82) is 0 Å². The van der Waals surface area contributed by atoms with Crippen LogP contribution in [0.4, 0.5) is 5.82 Å². The number of aromatic nitrogens is 2. The van der Waals surface area contributed by atoms with Gasteiger partial charge in [-0.25, -0.2) is 4.98 Å². The molecule has 3 nitrogen and oxygen atoms in total. The first-order valence-electron chi connectivity index (χ1n) is 4.71. The highest BCUT2D eigenvalue weighted by molar-refractivity contribution is 9.10. The molecule has 2 rings (SSSR count). The van der Waals surface area contributed by atoms with Crippen LogP contribution in [0.3, 0.4) is 0 Å². The zero-order valence-corrected chi connectivity index (χ0v) is 11.4. The van der Waals surface area contributed by atoms with E-state index in [4.69, 9.17) is 11.6 Å². The fourth-order valence-corrected chi connectivity index (χ4v) is 3.15. The summed E-state index contributed by atoms with van der Waals surface area (Å²) < 4.78 is 0.908. The van der Waals surface area contributed by atoms with Gasteiger partial charge in [-0.15, -0.1) is 0 Å². The van der Waals surface area contributed by atoms with Crippen molar-refractivity contribution in [2.24, 2.45) is 0 Å². The number of halogens is 2. The molecule has 1 aliphatic heterocycles. The minimum Gasteiger partial charge on any atom is -0.354 e. The van der Waals surface area contributed by atoms with Gasteiger partial charge in [0.1, 0.15) is 5.82 Å². The Morgan fingerprint density at radius 1 is 1.67 bits per heavy atom. The van der Waals surface area contributed by atoms with Crippen molar-refractivity contribution in [1.82, 2.24) is 9.97 Å². The predicted octanol–water partition coefficient (Wildman–Crippen LogP) is 2.83. The number of thioether (sulfide) groups is 1. The van der Waals surface area contributed by atoms with Crippen LogP contribution in [0.2, 0.25) is 5.28 Å². The molecular formula is C9H11BrClN3S. The van der Waals surface area contributed by atoms with E-state index in [-0.39, 0.29) is 0 Å². The lowest BCUT2D eigenvalue weighted by molar-refractivity contribution is 0.765. The molecule has 0 N–H and O–H groups in total. The van der Waals surface area contributed by atoms with E-state index in [1.165, 1.54) is 0 Å². The van der Waals surface area contributed by atoms with Crippen LogP contribution in [0.15, 0.2) is 10.7 Å². The first-order chi connectivity index (χ1) is 7.16. The summed E-state index contributed by atoms with van der Waals surface area (Å²) >= 11 is 11.2. The summed E-state index contributed by atoms with van der Waals surface area (Å²) in [4.78, 5) is 10.4. The van der Waals surface area contributed by atoms with Gasteiger partial charge in [0.2, 0.25) is 5.28 Å². The Morgan fingerprint density at radius 2 is 2.47 bits per heavy atom. The Hall–Kier alpha value is -0.000000000000000111. The molecule has 0 aliphatic carbocycles. The minimum atomic E-state index is 0.305. The molecule has 2 heterocycles. The third-order valence-corrected chi connectivity index (χ3v) is 4.11. The molecule has 0 saturated carbocycles. The second-order valence-corrected chi connectivity index (χ2v) is 6.18. The van der Waals surface area contributed by atoms with Crippen LogP contribution in [0.5, 0.6) is 0 Å². The summed E-state index contributed by atoms with van der Waals surface area (Å²) in [6.07, 6.45) is 1.71. The van der Waals surface area contributed by atoms with Gasteiger partial charge in [-0.2, -0.15) is 16.7 Å². The number of hydrogen-bond donors (Lipinski definition) is 0. The van der Waals surface area contributed by atoms with Gasteiger partial charge >= 0.3 is 0 Å². The SMILES string of the molecule is CC1CN(c2nc(Cl)ncc2Br)CCS1. The molecule has 1 aromatic rings. The largest absolute Gasteiger partial charge is 0.354 e. The van der Waals surface area contributed by atoms with Crippen LogP contribution in [-0.2, 0) is 0 Å². The molecular weight excluding hydrogens is 298 g/mol. The zero-order chi connectivity index (χ0) is 10.8. The predicted molar refractivity (Wildman–Crippen MR) is 68.9 cm³/mol. The van der Waals surface area contributed by atoms with Crippen LogP contribution in [0.25, 0.3) is 0 Å². The fraction of sp³-hybridized carbons (Fsp3) is 0.556. The van der Waals surface area contributed by atoms with Crippen molar-refractivity contribution in [3.8, 4) is 0 Å². The van der Waals surface area contributed by atoms with Gasteiger partial charge in [0.15, 0.2) is 0 Å². The second-order valence-electron chi connectivity index (χ2n) is 3.44. The fourth-order valence-electron chi connectivity index (χ4n) is 1.57. The van der Waals surface area contributed by atoms with Gasteiger partial charge in [0.25, 0.3) is 0 Å². The molecule has 0 spiro atoms. The van der Waals surface area contributed by atoms with E-state index in [1.807, 2.05) is 11.8 Å². The lowest BCUT2D eigenvalue weighted by Gasteiger charge is -2.31. The molecule has 82 valence electrons. The van der Waals surface area contributed by atoms with E-state index >= 15 is 0 Å². The molecule has 1 atom stereocenters. The van der Waals surface area contributed by atoms with Crippen molar-refractivity contribution in [2.75, 3.05) is 23.7 Å². The van der Waals surface area contributed by atoms with Gasteiger partial charge in [-0.1, -0.05) is 6.92 Å². The van der Waals surface area contributed by atoms with Gasteiger partial charge in [0.05, 0.1) is 4.47 Å². The van der Waals surface area contributed by atoms with Crippen molar-refractivity contribution in [2.45, 2.75) is 12.2 Å². The smallest absolute Gasteiger partial charge is 0.224 e. The molecule has 1 aromatic heterocycles. The minimum absolute atomic E-state index is 0.305. The van der Waals surface area contributed by atoms with Crippen LogP contribution in [0, 0.1) is 0 Å². The Labute approximate surface area is 107 Å². The van der Waals surface area contributed by atoms with E-state index in [0.717, 1.165) is 29.1 Å². The Morgan fingerprint density at radius 3 is 3.20 bits per heavy atom. The third kappa shape index (κ3) is 2.77. The lowest BCUT2D eigenvalue weighted by atomic mass is 10.3. The van der Waals surface area contributed by atoms with Gasteiger partial charge < -0.3 is 4.90 Å². The van der Waals surface area contributed by atoms with E-state index in [0.29, 0.717) is 10.5 Å². The van der Waals surface area contributed by atoms with Crippen molar-refractivity contribution in [3.05, 3.63) is 16.0 Å². The molecule has 1 aliphatic rings. The molecule has 1 saturated heterocycles. The molecule has 1 unspecified atom stereocenters. The topological polar surface area (TPSA) is 29.0 Å². The zero-order valence-electron chi connectivity index (χ0n) is 8.28. The van der Waals surface area contributed by atoms with Crippen LogP contribution in [0.1, 0.15) is 6.92 Å². The molecule has 6 heteroatoms. The van der Waals surface area contributed by atoms with Crippen LogP contribution < -0.4 is 4.90 Å². The maximum atomic E-state index is 5.80. The molecule has 1 fully saturated rings. The van der Waals surface area contributed by atoms with Crippen molar-refractivity contribution >= 4 is 45.1 Å². The standard InChI is InChI=1S/C9H11BrClN3S/c1-6-5-14(2-3-15-6)8-7(10)4-12-9(11)13-8/h4,6H,2-3,5H2,1H3. The molecule has 0 bridgehead atoms. The maximum Gasteiger partial charge on any atom is 0.224 e. The first kappa shape index (κ1) is 11.5. The van der Waals surface area contributed by atoms with Gasteiger partial charge in [-0.05, 0) is 27.5 Å². The highest BCUT2D eigenvalue weighted by Crippen LogP contribution is 2.28. The van der Waals surface area contributed by atoms with E-state index in [1.54, 1.807) is 6.20 Å². The maximum absolute atomic E-state index is 5.80. The Balaban J connectivity index is 2.24. The number of nitrogens with zero attached hydrogens (tertiary/aromatic N) is 3. The quantitative estimate of drug-likeness (QED) is 0.746.